The van der Waals surface area contributed by atoms with Gasteiger partial charge in [-0.05, 0) is 26.2 Å². The van der Waals surface area contributed by atoms with E-state index in [1.54, 1.807) is 6.92 Å². The van der Waals surface area contributed by atoms with Gasteiger partial charge in [-0.15, -0.1) is 0 Å². The summed E-state index contributed by atoms with van der Waals surface area (Å²) in [4.78, 5) is 21.3. The number of hydrogen-bond acceptors (Lipinski definition) is 3. The second-order valence-electron chi connectivity index (χ2n) is 2.90. The van der Waals surface area contributed by atoms with Gasteiger partial charge < -0.3 is 10.1 Å². The molecule has 1 radical (unpaired) electrons. The predicted molar refractivity (Wildman–Crippen MR) is 53.5 cm³/mol. The van der Waals surface area contributed by atoms with Crippen molar-refractivity contribution in [1.82, 2.24) is 5.32 Å². The van der Waals surface area contributed by atoms with Gasteiger partial charge in [0, 0.05) is 19.9 Å². The lowest BCUT2D eigenvalue weighted by atomic mass is 10.2. The minimum absolute atomic E-state index is 0.0243. The average molecular weight is 200 g/mol. The molecule has 4 nitrogen and oxygen atoms in total. The molecular weight excluding hydrogens is 182 g/mol. The van der Waals surface area contributed by atoms with Crippen molar-refractivity contribution in [3.8, 4) is 0 Å². The lowest BCUT2D eigenvalue weighted by molar-refractivity contribution is -0.143. The highest BCUT2D eigenvalue weighted by Crippen LogP contribution is 1.99. The Bertz CT molecular complexity index is 180. The topological polar surface area (TPSA) is 55.4 Å². The molecule has 4 heteroatoms. The van der Waals surface area contributed by atoms with Gasteiger partial charge in [0.15, 0.2) is 0 Å². The van der Waals surface area contributed by atoms with E-state index in [1.807, 2.05) is 6.42 Å². The number of rotatable bonds is 7. The van der Waals surface area contributed by atoms with E-state index in [4.69, 9.17) is 4.74 Å². The standard InChI is InChI=1S/C10H18NO3/c1-3-14-10(13)7-5-4-6-8-11-9(2)12/h4H,3,5-8H2,1-2H3,(H,11,12). The fourth-order valence-electron chi connectivity index (χ4n) is 0.948. The first-order valence-electron chi connectivity index (χ1n) is 4.88. The zero-order valence-corrected chi connectivity index (χ0v) is 8.84. The van der Waals surface area contributed by atoms with Crippen molar-refractivity contribution in [3.63, 3.8) is 0 Å². The van der Waals surface area contributed by atoms with Crippen LogP contribution in [0.4, 0.5) is 0 Å². The van der Waals surface area contributed by atoms with Crippen molar-refractivity contribution in [3.05, 3.63) is 6.42 Å². The van der Waals surface area contributed by atoms with E-state index in [-0.39, 0.29) is 11.9 Å². The minimum Gasteiger partial charge on any atom is -0.466 e. The number of ether oxygens (including phenoxy) is 1. The number of nitrogens with one attached hydrogen (secondary N) is 1. The highest BCUT2D eigenvalue weighted by molar-refractivity contribution is 5.72. The molecule has 0 unspecified atom stereocenters. The second-order valence-corrected chi connectivity index (χ2v) is 2.90. The minimum atomic E-state index is -0.164. The van der Waals surface area contributed by atoms with Gasteiger partial charge in [0.05, 0.1) is 6.61 Å². The normalized spacial score (nSPS) is 9.57. The monoisotopic (exact) mass is 200 g/mol. The largest absolute Gasteiger partial charge is 0.466 e. The number of amides is 1. The third-order valence-corrected chi connectivity index (χ3v) is 1.58. The molecule has 0 bridgehead atoms. The molecule has 0 fully saturated rings. The zero-order valence-electron chi connectivity index (χ0n) is 8.84. The van der Waals surface area contributed by atoms with E-state index in [2.05, 4.69) is 5.32 Å². The molecule has 0 aromatic carbocycles. The number of hydrogen-bond donors (Lipinski definition) is 1. The van der Waals surface area contributed by atoms with Crippen LogP contribution in [-0.4, -0.2) is 25.0 Å². The van der Waals surface area contributed by atoms with Crippen LogP contribution in [0.25, 0.3) is 0 Å². The van der Waals surface area contributed by atoms with E-state index in [0.717, 1.165) is 6.42 Å². The van der Waals surface area contributed by atoms with Gasteiger partial charge in [-0.1, -0.05) is 0 Å². The van der Waals surface area contributed by atoms with Gasteiger partial charge in [0.1, 0.15) is 0 Å². The molecule has 81 valence electrons. The van der Waals surface area contributed by atoms with Crippen molar-refractivity contribution in [2.75, 3.05) is 13.2 Å². The Morgan fingerprint density at radius 1 is 1.36 bits per heavy atom. The third-order valence-electron chi connectivity index (χ3n) is 1.58. The van der Waals surface area contributed by atoms with Crippen molar-refractivity contribution in [2.24, 2.45) is 0 Å². The molecule has 0 rings (SSSR count). The van der Waals surface area contributed by atoms with Crippen molar-refractivity contribution in [1.29, 1.82) is 0 Å². The molecule has 0 aliphatic heterocycles. The fourth-order valence-corrected chi connectivity index (χ4v) is 0.948. The summed E-state index contributed by atoms with van der Waals surface area (Å²) in [6, 6.07) is 0. The number of unbranched alkanes of at least 4 members (excludes halogenated alkanes) is 2. The van der Waals surface area contributed by atoms with Gasteiger partial charge in [0.25, 0.3) is 0 Å². The summed E-state index contributed by atoms with van der Waals surface area (Å²) in [7, 11) is 0. The van der Waals surface area contributed by atoms with E-state index >= 15 is 0 Å². The summed E-state index contributed by atoms with van der Waals surface area (Å²) in [5.74, 6) is -0.188. The molecule has 14 heavy (non-hydrogen) atoms. The number of carbonyl (C=O) groups excluding carboxylic acids is 2. The molecule has 0 aromatic rings. The van der Waals surface area contributed by atoms with Crippen LogP contribution in [0.15, 0.2) is 0 Å². The molecule has 0 aliphatic carbocycles. The second kappa shape index (κ2) is 8.53. The van der Waals surface area contributed by atoms with Gasteiger partial charge >= 0.3 is 5.97 Å². The van der Waals surface area contributed by atoms with Crippen LogP contribution in [0.5, 0.6) is 0 Å². The van der Waals surface area contributed by atoms with Crippen LogP contribution in [0, 0.1) is 6.42 Å². The lowest BCUT2D eigenvalue weighted by Crippen LogP contribution is -2.20. The summed E-state index contributed by atoms with van der Waals surface area (Å²) in [5.41, 5.74) is 0. The van der Waals surface area contributed by atoms with Crippen molar-refractivity contribution in [2.45, 2.75) is 33.1 Å². The lowest BCUT2D eigenvalue weighted by Gasteiger charge is -2.02. The van der Waals surface area contributed by atoms with Crippen LogP contribution in [0.2, 0.25) is 0 Å². The maximum atomic E-state index is 10.9. The van der Waals surface area contributed by atoms with Crippen molar-refractivity contribution < 1.29 is 14.3 Å². The summed E-state index contributed by atoms with van der Waals surface area (Å²) in [6.07, 6.45) is 3.90. The maximum absolute atomic E-state index is 10.9. The van der Waals surface area contributed by atoms with Crippen LogP contribution in [0.1, 0.15) is 33.1 Å². The molecule has 0 heterocycles. The first-order valence-corrected chi connectivity index (χ1v) is 4.88. The van der Waals surface area contributed by atoms with Gasteiger partial charge in [0.2, 0.25) is 5.91 Å². The Labute approximate surface area is 85.0 Å². The Morgan fingerprint density at radius 3 is 2.64 bits per heavy atom. The van der Waals surface area contributed by atoms with E-state index in [0.29, 0.717) is 26.0 Å². The first kappa shape index (κ1) is 12.9. The Balaban J connectivity index is 3.13. The Kier molecular flexibility index (Phi) is 7.89. The summed E-state index contributed by atoms with van der Waals surface area (Å²) in [6.45, 7) is 4.35. The number of carbonyl (C=O) groups is 2. The van der Waals surface area contributed by atoms with Crippen LogP contribution in [0.3, 0.4) is 0 Å². The van der Waals surface area contributed by atoms with Crippen LogP contribution >= 0.6 is 0 Å². The van der Waals surface area contributed by atoms with Gasteiger partial charge in [-0.2, -0.15) is 0 Å². The average Bonchev–Trinajstić information content (AvgIpc) is 2.11. The molecule has 0 aliphatic rings. The Morgan fingerprint density at radius 2 is 2.07 bits per heavy atom. The number of esters is 1. The molecule has 0 saturated heterocycles. The first-order chi connectivity index (χ1) is 6.66. The molecule has 0 spiro atoms. The third kappa shape index (κ3) is 9.03. The van der Waals surface area contributed by atoms with E-state index < -0.39 is 0 Å². The summed E-state index contributed by atoms with van der Waals surface area (Å²) in [5, 5.41) is 2.67. The smallest absolute Gasteiger partial charge is 0.305 e. The molecule has 0 atom stereocenters. The summed E-state index contributed by atoms with van der Waals surface area (Å²) < 4.78 is 4.76. The Hall–Kier alpha value is -1.06. The maximum Gasteiger partial charge on any atom is 0.305 e. The summed E-state index contributed by atoms with van der Waals surface area (Å²) >= 11 is 0. The van der Waals surface area contributed by atoms with Gasteiger partial charge in [-0.3, -0.25) is 9.59 Å². The highest BCUT2D eigenvalue weighted by Gasteiger charge is 2.00. The SMILES string of the molecule is CCOC(=O)CC[CH]CCNC(C)=O. The molecule has 1 N–H and O–H groups in total. The van der Waals surface area contributed by atoms with Gasteiger partial charge in [-0.25, -0.2) is 0 Å². The quantitative estimate of drug-likeness (QED) is 0.494. The van der Waals surface area contributed by atoms with E-state index in [1.165, 1.54) is 6.92 Å². The zero-order chi connectivity index (χ0) is 10.8. The van der Waals surface area contributed by atoms with Crippen LogP contribution in [-0.2, 0) is 14.3 Å². The highest BCUT2D eigenvalue weighted by atomic mass is 16.5. The van der Waals surface area contributed by atoms with Crippen LogP contribution < -0.4 is 5.32 Å². The molecular formula is C10H18NO3. The fraction of sp³-hybridized carbons (Fsp3) is 0.700. The van der Waals surface area contributed by atoms with Crippen molar-refractivity contribution >= 4 is 11.9 Å². The predicted octanol–water partition coefficient (Wildman–Crippen LogP) is 1.06. The molecule has 0 aromatic heterocycles. The molecule has 0 saturated carbocycles. The molecule has 1 amide bonds. The van der Waals surface area contributed by atoms with E-state index in [9.17, 15) is 9.59 Å².